The second kappa shape index (κ2) is 21.5. The van der Waals surface area contributed by atoms with Crippen molar-refractivity contribution in [2.45, 2.75) is 64.0 Å². The zero-order valence-corrected chi connectivity index (χ0v) is 43.8. The average Bonchev–Trinajstić information content (AvgIpc) is 4.02. The molecule has 6 amide bonds. The number of carbonyl (C=O) groups excluding carboxylic acids is 6. The summed E-state index contributed by atoms with van der Waals surface area (Å²) < 4.78 is 53.6. The van der Waals surface area contributed by atoms with Gasteiger partial charge in [0, 0.05) is 63.2 Å². The van der Waals surface area contributed by atoms with Crippen molar-refractivity contribution in [3.05, 3.63) is 130 Å². The molecular formula is C57H54F3N9O9S. The van der Waals surface area contributed by atoms with Crippen LogP contribution in [0.2, 0.25) is 0 Å². The second-order valence-corrected chi connectivity index (χ2v) is 21.6. The van der Waals surface area contributed by atoms with Crippen molar-refractivity contribution in [3.8, 4) is 16.9 Å². The standard InChI is InChI=1S/C57H54F3N9O9S/c1-32-35(36-12-14-47(62-50(36)55(76)77)68-21-18-34-6-4-8-37(40(34)29-68)51(72)64-56-61-42-9-2-3-11-46(42)79-56)7-5-10-45(32)78-31-57(59,60)28-33-16-19-65(20-17-33)30-49(71)67-24-22-66(23-25-67)44-27-39-38(26-41(44)58)53(74)69(54(39)75)43-13-15-48(70)63-52(43)73/h2-12,14,26-27,33,43H,13,15-25,28-31H2,1H3,(H,76,77)(H,61,64,72)(H,63,70,73). The molecule has 11 rings (SSSR count). The number of imide groups is 2. The van der Waals surface area contributed by atoms with Crippen LogP contribution in [0.1, 0.15) is 90.4 Å². The quantitative estimate of drug-likeness (QED) is 0.0922. The Bertz CT molecular complexity index is 3450. The predicted octanol–water partition coefficient (Wildman–Crippen LogP) is 7.19. The molecule has 0 bridgehead atoms. The van der Waals surface area contributed by atoms with Gasteiger partial charge in [-0.1, -0.05) is 47.7 Å². The van der Waals surface area contributed by atoms with E-state index in [0.717, 1.165) is 32.3 Å². The van der Waals surface area contributed by atoms with Gasteiger partial charge in [-0.15, -0.1) is 0 Å². The Morgan fingerprint density at radius 3 is 2.30 bits per heavy atom. The number of nitrogens with one attached hydrogen (secondary N) is 2. The van der Waals surface area contributed by atoms with Crippen LogP contribution in [0.5, 0.6) is 5.75 Å². The molecule has 5 aliphatic heterocycles. The number of carboxylic acid groups (broad SMARTS) is 1. The van der Waals surface area contributed by atoms with E-state index in [4.69, 9.17) is 4.74 Å². The van der Waals surface area contributed by atoms with Gasteiger partial charge in [0.1, 0.15) is 23.4 Å². The van der Waals surface area contributed by atoms with E-state index in [1.165, 1.54) is 17.4 Å². The number of fused-ring (bicyclic) bond motifs is 3. The molecule has 5 aliphatic rings. The summed E-state index contributed by atoms with van der Waals surface area (Å²) in [5.74, 6) is -8.22. The second-order valence-electron chi connectivity index (χ2n) is 20.6. The lowest BCUT2D eigenvalue weighted by atomic mass is 9.91. The van der Waals surface area contributed by atoms with E-state index in [1.54, 1.807) is 53.1 Å². The molecule has 18 nitrogen and oxygen atoms in total. The molecule has 0 spiro atoms. The summed E-state index contributed by atoms with van der Waals surface area (Å²) >= 11 is 1.38. The molecule has 3 saturated heterocycles. The highest BCUT2D eigenvalue weighted by Crippen LogP contribution is 2.38. The third-order valence-electron chi connectivity index (χ3n) is 15.6. The zero-order valence-electron chi connectivity index (χ0n) is 42.9. The van der Waals surface area contributed by atoms with Crippen LogP contribution in [0.15, 0.2) is 84.9 Å². The number of ether oxygens (including phenoxy) is 1. The number of para-hydroxylation sites is 1. The first kappa shape index (κ1) is 52.8. The van der Waals surface area contributed by atoms with Gasteiger partial charge in [0.2, 0.25) is 17.7 Å². The Kier molecular flexibility index (Phi) is 14.4. The highest BCUT2D eigenvalue weighted by Gasteiger charge is 2.46. The fourth-order valence-corrected chi connectivity index (χ4v) is 12.2. The van der Waals surface area contributed by atoms with Gasteiger partial charge >= 0.3 is 5.97 Å². The van der Waals surface area contributed by atoms with Gasteiger partial charge in [-0.05, 0) is 122 Å². The third kappa shape index (κ3) is 10.7. The maximum atomic E-state index is 15.7. The monoisotopic (exact) mass is 1100 g/mol. The number of nitrogens with zero attached hydrogens (tertiary/aromatic N) is 7. The van der Waals surface area contributed by atoms with Crippen molar-refractivity contribution in [2.24, 2.45) is 5.92 Å². The number of amides is 6. The molecule has 0 radical (unpaired) electrons. The minimum atomic E-state index is -3.20. The number of benzene rings is 4. The van der Waals surface area contributed by atoms with Crippen molar-refractivity contribution in [2.75, 3.05) is 74.1 Å². The number of likely N-dealkylation sites (tertiary alicyclic amines) is 1. The number of anilines is 3. The molecule has 6 aromatic rings. The number of rotatable bonds is 14. The molecule has 1 unspecified atom stereocenters. The lowest BCUT2D eigenvalue weighted by Crippen LogP contribution is -2.54. The fraction of sp³-hybridized carbons (Fsp3) is 0.351. The summed E-state index contributed by atoms with van der Waals surface area (Å²) in [5.41, 5.74) is 3.95. The van der Waals surface area contributed by atoms with E-state index < -0.39 is 60.4 Å². The molecule has 408 valence electrons. The van der Waals surface area contributed by atoms with Gasteiger partial charge in [-0.2, -0.15) is 0 Å². The van der Waals surface area contributed by atoms with Crippen LogP contribution in [-0.4, -0.2) is 142 Å². The average molecular weight is 1100 g/mol. The van der Waals surface area contributed by atoms with Crippen molar-refractivity contribution in [3.63, 3.8) is 0 Å². The SMILES string of the molecule is Cc1c(OCC(F)(F)CC2CCN(CC(=O)N3CCN(c4cc5c(cc4F)C(=O)N(C4CCC(=O)NC4=O)C5=O)CC3)CC2)cccc1-c1ccc(N2CCc3cccc(C(=O)Nc4nc5ccccc5s4)c3C2)nc1C(=O)O. The number of aromatic carboxylic acids is 1. The van der Waals surface area contributed by atoms with E-state index in [1.807, 2.05) is 46.2 Å². The van der Waals surface area contributed by atoms with Crippen LogP contribution in [0.3, 0.4) is 0 Å². The Morgan fingerprint density at radius 1 is 0.810 bits per heavy atom. The molecule has 22 heteroatoms. The van der Waals surface area contributed by atoms with Crippen molar-refractivity contribution in [1.29, 1.82) is 0 Å². The molecule has 3 fully saturated rings. The van der Waals surface area contributed by atoms with Crippen molar-refractivity contribution < 1.29 is 56.6 Å². The molecule has 7 heterocycles. The number of piperidine rings is 2. The van der Waals surface area contributed by atoms with Gasteiger partial charge in [-0.25, -0.2) is 27.9 Å². The number of alkyl halides is 2. The van der Waals surface area contributed by atoms with Crippen LogP contribution in [-0.2, 0) is 27.3 Å². The third-order valence-corrected chi connectivity index (χ3v) is 16.5. The van der Waals surface area contributed by atoms with E-state index in [9.17, 15) is 38.7 Å². The van der Waals surface area contributed by atoms with Crippen molar-refractivity contribution >= 4 is 79.6 Å². The smallest absolute Gasteiger partial charge is 0.355 e. The molecule has 3 N–H and O–H groups in total. The molecule has 79 heavy (non-hydrogen) atoms. The number of pyridine rings is 1. The lowest BCUT2D eigenvalue weighted by molar-refractivity contribution is -0.136. The highest BCUT2D eigenvalue weighted by atomic mass is 32.1. The highest BCUT2D eigenvalue weighted by molar-refractivity contribution is 7.22. The number of piperazine rings is 1. The maximum absolute atomic E-state index is 15.7. The Hall–Kier alpha value is -8.24. The van der Waals surface area contributed by atoms with Crippen LogP contribution in [0, 0.1) is 18.7 Å². The van der Waals surface area contributed by atoms with Crippen LogP contribution < -0.4 is 25.2 Å². The van der Waals surface area contributed by atoms with E-state index >= 15 is 13.2 Å². The summed E-state index contributed by atoms with van der Waals surface area (Å²) in [6.07, 6.45) is 0.981. The predicted molar refractivity (Wildman–Crippen MR) is 286 cm³/mol. The number of carbonyl (C=O) groups is 7. The van der Waals surface area contributed by atoms with Gasteiger partial charge in [0.15, 0.2) is 17.4 Å². The minimum Gasteiger partial charge on any atom is -0.487 e. The first-order chi connectivity index (χ1) is 38.0. The minimum absolute atomic E-state index is 0.0282. The molecule has 4 aromatic carbocycles. The Morgan fingerprint density at radius 2 is 1.56 bits per heavy atom. The molecule has 0 saturated carbocycles. The first-order valence-electron chi connectivity index (χ1n) is 26.2. The van der Waals surface area contributed by atoms with Crippen LogP contribution in [0.25, 0.3) is 21.3 Å². The molecule has 2 aromatic heterocycles. The normalized spacial score (nSPS) is 18.2. The van der Waals surface area contributed by atoms with Crippen LogP contribution >= 0.6 is 11.3 Å². The number of aromatic nitrogens is 2. The van der Waals surface area contributed by atoms with E-state index in [-0.39, 0.29) is 91.6 Å². The van der Waals surface area contributed by atoms with Gasteiger partial charge in [0.25, 0.3) is 23.6 Å². The molecule has 0 aliphatic carbocycles. The number of hydrogen-bond donors (Lipinski definition) is 3. The number of thiazole rings is 1. The summed E-state index contributed by atoms with van der Waals surface area (Å²) in [4.78, 5) is 108. The van der Waals surface area contributed by atoms with Gasteiger partial charge in [-0.3, -0.25) is 49.2 Å². The summed E-state index contributed by atoms with van der Waals surface area (Å²) in [7, 11) is 0. The molecule has 1 atom stereocenters. The Balaban J connectivity index is 0.659. The largest absolute Gasteiger partial charge is 0.487 e. The van der Waals surface area contributed by atoms with Gasteiger partial charge in [0.05, 0.1) is 33.6 Å². The maximum Gasteiger partial charge on any atom is 0.355 e. The number of halogens is 3. The number of hydrogen-bond acceptors (Lipinski definition) is 14. The van der Waals surface area contributed by atoms with Crippen molar-refractivity contribution in [1.82, 2.24) is 30.0 Å². The molecular weight excluding hydrogens is 1040 g/mol. The van der Waals surface area contributed by atoms with Crippen LogP contribution in [0.4, 0.5) is 29.8 Å². The zero-order chi connectivity index (χ0) is 55.3. The fourth-order valence-electron chi connectivity index (χ4n) is 11.4. The summed E-state index contributed by atoms with van der Waals surface area (Å²) in [5, 5.41) is 16.0. The van der Waals surface area contributed by atoms with E-state index in [2.05, 4.69) is 20.6 Å². The Labute approximate surface area is 455 Å². The van der Waals surface area contributed by atoms with Gasteiger partial charge < -0.3 is 24.5 Å². The number of carboxylic acids is 1. The topological polar surface area (TPSA) is 215 Å². The first-order valence-corrected chi connectivity index (χ1v) is 27.0. The summed E-state index contributed by atoms with van der Waals surface area (Å²) in [6, 6.07) is 22.6. The summed E-state index contributed by atoms with van der Waals surface area (Å²) in [6.45, 7) is 3.57. The lowest BCUT2D eigenvalue weighted by Gasteiger charge is -2.38. The van der Waals surface area contributed by atoms with E-state index in [0.29, 0.717) is 78.6 Å².